The monoisotopic (exact) mass is 355 g/mol. The molecule has 0 amide bonds. The number of aliphatic imine (C=N–C) groups is 1. The number of thiazole rings is 1. The molecular formula is C19H25N5S. The Kier molecular flexibility index (Phi) is 5.71. The Balaban J connectivity index is 1.49. The molecule has 0 unspecified atom stereocenters. The van der Waals surface area contributed by atoms with E-state index in [-0.39, 0.29) is 0 Å². The van der Waals surface area contributed by atoms with Crippen LogP contribution in [0.5, 0.6) is 0 Å². The van der Waals surface area contributed by atoms with Crippen molar-refractivity contribution < 1.29 is 0 Å². The van der Waals surface area contributed by atoms with Crippen molar-refractivity contribution >= 4 is 28.2 Å². The number of benzene rings is 1. The highest BCUT2D eigenvalue weighted by Gasteiger charge is 2.07. The predicted molar refractivity (Wildman–Crippen MR) is 106 cm³/mol. The minimum atomic E-state index is 0.479. The third-order valence-electron chi connectivity index (χ3n) is 4.09. The van der Waals surface area contributed by atoms with Crippen LogP contribution in [0.15, 0.2) is 40.8 Å². The normalized spacial score (nSPS) is 12.1. The van der Waals surface area contributed by atoms with Gasteiger partial charge in [0.15, 0.2) is 5.96 Å². The first-order valence-corrected chi connectivity index (χ1v) is 9.49. The topological polar surface area (TPSA) is 65.1 Å². The molecule has 3 aromatic rings. The van der Waals surface area contributed by atoms with Crippen molar-refractivity contribution in [3.05, 3.63) is 52.1 Å². The van der Waals surface area contributed by atoms with E-state index in [1.54, 1.807) is 18.4 Å². The van der Waals surface area contributed by atoms with E-state index < -0.39 is 0 Å². The van der Waals surface area contributed by atoms with Crippen molar-refractivity contribution in [2.45, 2.75) is 32.7 Å². The van der Waals surface area contributed by atoms with Gasteiger partial charge in [-0.05, 0) is 18.1 Å². The number of nitrogens with zero attached hydrogens (tertiary/aromatic N) is 2. The van der Waals surface area contributed by atoms with E-state index in [9.17, 15) is 0 Å². The summed E-state index contributed by atoms with van der Waals surface area (Å²) >= 11 is 1.72. The molecule has 0 saturated heterocycles. The van der Waals surface area contributed by atoms with E-state index in [2.05, 4.69) is 75.3 Å². The minimum absolute atomic E-state index is 0.479. The summed E-state index contributed by atoms with van der Waals surface area (Å²) in [6, 6.07) is 8.39. The van der Waals surface area contributed by atoms with Gasteiger partial charge in [0.05, 0.1) is 17.2 Å². The zero-order valence-corrected chi connectivity index (χ0v) is 15.8. The summed E-state index contributed by atoms with van der Waals surface area (Å²) in [6.07, 6.45) is 3.03. The van der Waals surface area contributed by atoms with E-state index in [0.717, 1.165) is 24.6 Å². The summed E-state index contributed by atoms with van der Waals surface area (Å²) < 4.78 is 0. The molecule has 132 valence electrons. The lowest BCUT2D eigenvalue weighted by Crippen LogP contribution is -2.37. The number of hydrogen-bond acceptors (Lipinski definition) is 3. The van der Waals surface area contributed by atoms with Gasteiger partial charge in [-0.2, -0.15) is 0 Å². The lowest BCUT2D eigenvalue weighted by molar-refractivity contribution is 0.777. The molecule has 0 fully saturated rings. The molecule has 5 nitrogen and oxygen atoms in total. The van der Waals surface area contributed by atoms with Gasteiger partial charge >= 0.3 is 0 Å². The first-order chi connectivity index (χ1) is 12.2. The minimum Gasteiger partial charge on any atom is -0.361 e. The second-order valence-corrected chi connectivity index (χ2v) is 7.18. The molecular weight excluding hydrogens is 330 g/mol. The smallest absolute Gasteiger partial charge is 0.191 e. The third kappa shape index (κ3) is 4.39. The number of hydrogen-bond donors (Lipinski definition) is 3. The summed E-state index contributed by atoms with van der Waals surface area (Å²) in [5.74, 6) is 1.28. The maximum atomic E-state index is 4.64. The summed E-state index contributed by atoms with van der Waals surface area (Å²) in [7, 11) is 1.79. The molecule has 2 heterocycles. The molecule has 1 aromatic carbocycles. The number of guanidine groups is 1. The van der Waals surface area contributed by atoms with Gasteiger partial charge in [-0.3, -0.25) is 4.99 Å². The van der Waals surface area contributed by atoms with Crippen molar-refractivity contribution in [3.8, 4) is 0 Å². The first kappa shape index (κ1) is 17.5. The SMILES string of the molecule is CN=C(NCCc1c[nH]c2ccccc12)NCc1csc(C(C)C)n1. The predicted octanol–water partition coefficient (Wildman–Crippen LogP) is 3.66. The van der Waals surface area contributed by atoms with Gasteiger partial charge in [-0.25, -0.2) is 4.98 Å². The van der Waals surface area contributed by atoms with Crippen LogP contribution in [-0.4, -0.2) is 29.5 Å². The third-order valence-corrected chi connectivity index (χ3v) is 5.28. The Morgan fingerprint density at radius 3 is 2.88 bits per heavy atom. The number of para-hydroxylation sites is 1. The van der Waals surface area contributed by atoms with Gasteiger partial charge in [0.1, 0.15) is 0 Å². The molecule has 6 heteroatoms. The fourth-order valence-electron chi connectivity index (χ4n) is 2.72. The fourth-order valence-corrected chi connectivity index (χ4v) is 3.55. The zero-order chi connectivity index (χ0) is 17.6. The van der Waals surface area contributed by atoms with E-state index in [4.69, 9.17) is 0 Å². The van der Waals surface area contributed by atoms with Crippen LogP contribution < -0.4 is 10.6 Å². The first-order valence-electron chi connectivity index (χ1n) is 8.61. The van der Waals surface area contributed by atoms with Gasteiger partial charge in [0.2, 0.25) is 0 Å². The standard InChI is InChI=1S/C19H25N5S/c1-13(2)18-24-15(12-25-18)11-23-19(20-3)21-9-8-14-10-22-17-7-5-4-6-16(14)17/h4-7,10,12-13,22H,8-9,11H2,1-3H3,(H2,20,21,23). The number of aromatic nitrogens is 2. The van der Waals surface area contributed by atoms with Crippen molar-refractivity contribution in [1.29, 1.82) is 0 Å². The van der Waals surface area contributed by atoms with Crippen molar-refractivity contribution in [3.63, 3.8) is 0 Å². The Labute approximate surface area is 152 Å². The Morgan fingerprint density at radius 1 is 1.28 bits per heavy atom. The van der Waals surface area contributed by atoms with Crippen LogP contribution in [0.25, 0.3) is 10.9 Å². The molecule has 0 spiro atoms. The van der Waals surface area contributed by atoms with Crippen LogP contribution in [0.1, 0.15) is 36.0 Å². The van der Waals surface area contributed by atoms with Gasteiger partial charge in [-0.15, -0.1) is 11.3 Å². The Morgan fingerprint density at radius 2 is 2.12 bits per heavy atom. The molecule has 0 aliphatic carbocycles. The fraction of sp³-hybridized carbons (Fsp3) is 0.368. The maximum absolute atomic E-state index is 4.64. The second-order valence-electron chi connectivity index (χ2n) is 6.29. The quantitative estimate of drug-likeness (QED) is 0.467. The molecule has 3 rings (SSSR count). The highest BCUT2D eigenvalue weighted by atomic mass is 32.1. The number of rotatable bonds is 6. The van der Waals surface area contributed by atoms with Crippen molar-refractivity contribution in [1.82, 2.24) is 20.6 Å². The molecule has 0 radical (unpaired) electrons. The summed E-state index contributed by atoms with van der Waals surface area (Å²) in [5.41, 5.74) is 3.57. The van der Waals surface area contributed by atoms with Crippen LogP contribution in [0.4, 0.5) is 0 Å². The Hall–Kier alpha value is -2.34. The number of aromatic amines is 1. The van der Waals surface area contributed by atoms with Crippen LogP contribution >= 0.6 is 11.3 Å². The summed E-state index contributed by atoms with van der Waals surface area (Å²) in [6.45, 7) is 5.86. The zero-order valence-electron chi connectivity index (χ0n) is 15.0. The molecule has 3 N–H and O–H groups in total. The van der Waals surface area contributed by atoms with Gasteiger partial charge in [0, 0.05) is 42.0 Å². The molecule has 0 aliphatic heterocycles. The van der Waals surface area contributed by atoms with Crippen molar-refractivity contribution in [2.75, 3.05) is 13.6 Å². The molecule has 25 heavy (non-hydrogen) atoms. The number of H-pyrrole nitrogens is 1. The van der Waals surface area contributed by atoms with Gasteiger partial charge in [0.25, 0.3) is 0 Å². The molecule has 0 bridgehead atoms. The van der Waals surface area contributed by atoms with E-state index in [1.807, 2.05) is 0 Å². The highest BCUT2D eigenvalue weighted by molar-refractivity contribution is 7.09. The van der Waals surface area contributed by atoms with E-state index in [0.29, 0.717) is 12.5 Å². The van der Waals surface area contributed by atoms with Crippen LogP contribution in [0.3, 0.4) is 0 Å². The van der Waals surface area contributed by atoms with Crippen molar-refractivity contribution in [2.24, 2.45) is 4.99 Å². The van der Waals surface area contributed by atoms with Crippen LogP contribution in [-0.2, 0) is 13.0 Å². The average Bonchev–Trinajstić information content (AvgIpc) is 3.25. The van der Waals surface area contributed by atoms with E-state index >= 15 is 0 Å². The summed E-state index contributed by atoms with van der Waals surface area (Å²) in [5, 5.41) is 11.3. The molecule has 0 atom stereocenters. The number of fused-ring (bicyclic) bond motifs is 1. The summed E-state index contributed by atoms with van der Waals surface area (Å²) in [4.78, 5) is 12.2. The molecule has 2 aromatic heterocycles. The van der Waals surface area contributed by atoms with Gasteiger partial charge in [-0.1, -0.05) is 32.0 Å². The average molecular weight is 356 g/mol. The van der Waals surface area contributed by atoms with Gasteiger partial charge < -0.3 is 15.6 Å². The number of nitrogens with one attached hydrogen (secondary N) is 3. The van der Waals surface area contributed by atoms with E-state index in [1.165, 1.54) is 21.5 Å². The molecule has 0 aliphatic rings. The van der Waals surface area contributed by atoms with Crippen LogP contribution in [0, 0.1) is 0 Å². The maximum Gasteiger partial charge on any atom is 0.191 e. The largest absolute Gasteiger partial charge is 0.361 e. The molecule has 0 saturated carbocycles. The highest BCUT2D eigenvalue weighted by Crippen LogP contribution is 2.19. The lowest BCUT2D eigenvalue weighted by atomic mass is 10.1. The second kappa shape index (κ2) is 8.16. The Bertz CT molecular complexity index is 846. The lowest BCUT2D eigenvalue weighted by Gasteiger charge is -2.10. The van der Waals surface area contributed by atoms with Crippen LogP contribution in [0.2, 0.25) is 0 Å².